The van der Waals surface area contributed by atoms with Gasteiger partial charge in [0.1, 0.15) is 5.75 Å². The normalized spacial score (nSPS) is 13.9. The third-order valence-corrected chi connectivity index (χ3v) is 3.15. The van der Waals surface area contributed by atoms with Crippen molar-refractivity contribution >= 4 is 5.69 Å². The van der Waals surface area contributed by atoms with Gasteiger partial charge in [-0.1, -0.05) is 18.2 Å². The van der Waals surface area contributed by atoms with E-state index in [0.717, 1.165) is 30.9 Å². The molecule has 1 aliphatic heterocycles. The first-order chi connectivity index (χ1) is 8.33. The second-order valence-corrected chi connectivity index (χ2v) is 4.40. The van der Waals surface area contributed by atoms with Gasteiger partial charge in [0.25, 0.3) is 0 Å². The maximum atomic E-state index is 5.70. The third-order valence-electron chi connectivity index (χ3n) is 3.15. The topological polar surface area (TPSA) is 35.2 Å². The maximum Gasteiger partial charge on any atom is 0.122 e. The van der Waals surface area contributed by atoms with Gasteiger partial charge >= 0.3 is 0 Å². The molecule has 2 aromatic rings. The van der Waals surface area contributed by atoms with Gasteiger partial charge in [-0.25, -0.2) is 0 Å². The van der Waals surface area contributed by atoms with E-state index in [2.05, 4.69) is 30.3 Å². The summed E-state index contributed by atoms with van der Waals surface area (Å²) in [6, 6.07) is 14.4. The first-order valence-electron chi connectivity index (χ1n) is 5.94. The monoisotopic (exact) mass is 225 g/mol. The number of anilines is 1. The molecule has 2 nitrogen and oxygen atoms in total. The van der Waals surface area contributed by atoms with Crippen molar-refractivity contribution in [3.05, 3.63) is 48.0 Å². The van der Waals surface area contributed by atoms with E-state index in [-0.39, 0.29) is 0 Å². The van der Waals surface area contributed by atoms with Crippen molar-refractivity contribution in [1.82, 2.24) is 0 Å². The molecular weight excluding hydrogens is 210 g/mol. The third kappa shape index (κ3) is 1.98. The van der Waals surface area contributed by atoms with Crippen molar-refractivity contribution in [2.24, 2.45) is 0 Å². The number of nitrogens with two attached hydrogens (primary N) is 1. The first-order valence-corrected chi connectivity index (χ1v) is 5.94. The highest BCUT2D eigenvalue weighted by Crippen LogP contribution is 2.30. The van der Waals surface area contributed by atoms with Crippen LogP contribution < -0.4 is 10.5 Å². The van der Waals surface area contributed by atoms with Crippen LogP contribution in [0.2, 0.25) is 0 Å². The lowest BCUT2D eigenvalue weighted by Crippen LogP contribution is -2.07. The molecule has 86 valence electrons. The number of hydrogen-bond donors (Lipinski definition) is 1. The van der Waals surface area contributed by atoms with E-state index in [1.807, 2.05) is 12.1 Å². The molecule has 0 saturated heterocycles. The molecule has 1 heterocycles. The summed E-state index contributed by atoms with van der Waals surface area (Å²) in [5.41, 5.74) is 10.2. The predicted molar refractivity (Wildman–Crippen MR) is 70.1 cm³/mol. The SMILES string of the molecule is Nc1ccc(-c2ccc3c(c2)CCCO3)cc1. The van der Waals surface area contributed by atoms with Gasteiger partial charge in [-0.3, -0.25) is 0 Å². The van der Waals surface area contributed by atoms with E-state index in [1.54, 1.807) is 0 Å². The van der Waals surface area contributed by atoms with Gasteiger partial charge < -0.3 is 10.5 Å². The van der Waals surface area contributed by atoms with Crippen LogP contribution in [0, 0.1) is 0 Å². The molecule has 3 rings (SSSR count). The Morgan fingerprint density at radius 3 is 2.53 bits per heavy atom. The lowest BCUT2D eigenvalue weighted by atomic mass is 9.99. The van der Waals surface area contributed by atoms with E-state index in [0.29, 0.717) is 0 Å². The Morgan fingerprint density at radius 2 is 1.71 bits per heavy atom. The molecule has 0 saturated carbocycles. The molecule has 0 unspecified atom stereocenters. The molecule has 2 heteroatoms. The minimum absolute atomic E-state index is 0.801. The van der Waals surface area contributed by atoms with Gasteiger partial charge in [0.05, 0.1) is 6.61 Å². The molecule has 0 aromatic heterocycles. The second kappa shape index (κ2) is 4.13. The number of benzene rings is 2. The lowest BCUT2D eigenvalue weighted by Gasteiger charge is -2.18. The summed E-state index contributed by atoms with van der Waals surface area (Å²) in [5.74, 6) is 1.04. The molecular formula is C15H15NO. The van der Waals surface area contributed by atoms with Gasteiger partial charge in [0, 0.05) is 5.69 Å². The minimum atomic E-state index is 0.801. The van der Waals surface area contributed by atoms with Crippen LogP contribution in [-0.2, 0) is 6.42 Å². The Hall–Kier alpha value is -1.96. The average molecular weight is 225 g/mol. The van der Waals surface area contributed by atoms with E-state index < -0.39 is 0 Å². The van der Waals surface area contributed by atoms with Crippen LogP contribution in [0.15, 0.2) is 42.5 Å². The van der Waals surface area contributed by atoms with E-state index in [4.69, 9.17) is 10.5 Å². The quantitative estimate of drug-likeness (QED) is 0.756. The zero-order chi connectivity index (χ0) is 11.7. The highest BCUT2D eigenvalue weighted by molar-refractivity contribution is 5.67. The van der Waals surface area contributed by atoms with E-state index in [9.17, 15) is 0 Å². The number of fused-ring (bicyclic) bond motifs is 1. The predicted octanol–water partition coefficient (Wildman–Crippen LogP) is 3.26. The highest BCUT2D eigenvalue weighted by atomic mass is 16.5. The summed E-state index contributed by atoms with van der Waals surface area (Å²) < 4.78 is 5.61. The van der Waals surface area contributed by atoms with Crippen molar-refractivity contribution in [2.75, 3.05) is 12.3 Å². The molecule has 0 radical (unpaired) electrons. The largest absolute Gasteiger partial charge is 0.493 e. The number of nitrogen functional groups attached to an aromatic ring is 1. The summed E-state index contributed by atoms with van der Waals surface area (Å²) in [6.07, 6.45) is 2.22. The Balaban J connectivity index is 2.01. The fourth-order valence-electron chi connectivity index (χ4n) is 2.22. The smallest absolute Gasteiger partial charge is 0.122 e. The fraction of sp³-hybridized carbons (Fsp3) is 0.200. The van der Waals surface area contributed by atoms with Crippen LogP contribution in [0.5, 0.6) is 5.75 Å². The second-order valence-electron chi connectivity index (χ2n) is 4.40. The summed E-state index contributed by atoms with van der Waals surface area (Å²) in [5, 5.41) is 0. The average Bonchev–Trinajstić information content (AvgIpc) is 2.39. The number of rotatable bonds is 1. The van der Waals surface area contributed by atoms with Crippen molar-refractivity contribution in [3.8, 4) is 16.9 Å². The van der Waals surface area contributed by atoms with Crippen molar-refractivity contribution < 1.29 is 4.74 Å². The Kier molecular flexibility index (Phi) is 2.48. The van der Waals surface area contributed by atoms with Crippen LogP contribution in [0.4, 0.5) is 5.69 Å². The molecule has 2 aromatic carbocycles. The number of hydrogen-bond acceptors (Lipinski definition) is 2. The Bertz CT molecular complexity index is 531. The first kappa shape index (κ1) is 10.2. The van der Waals surface area contributed by atoms with Gasteiger partial charge in [0.15, 0.2) is 0 Å². The zero-order valence-corrected chi connectivity index (χ0v) is 9.65. The molecule has 0 amide bonds. The van der Waals surface area contributed by atoms with Crippen molar-refractivity contribution in [1.29, 1.82) is 0 Å². The van der Waals surface area contributed by atoms with Crippen LogP contribution >= 0.6 is 0 Å². The highest BCUT2D eigenvalue weighted by Gasteiger charge is 2.10. The lowest BCUT2D eigenvalue weighted by molar-refractivity contribution is 0.288. The van der Waals surface area contributed by atoms with Crippen molar-refractivity contribution in [3.63, 3.8) is 0 Å². The Morgan fingerprint density at radius 1 is 0.941 bits per heavy atom. The molecule has 0 atom stereocenters. The maximum absolute atomic E-state index is 5.70. The fourth-order valence-corrected chi connectivity index (χ4v) is 2.22. The molecule has 2 N–H and O–H groups in total. The molecule has 0 fully saturated rings. The summed E-state index contributed by atoms with van der Waals surface area (Å²) in [7, 11) is 0. The molecule has 17 heavy (non-hydrogen) atoms. The van der Waals surface area contributed by atoms with E-state index >= 15 is 0 Å². The van der Waals surface area contributed by atoms with Crippen molar-refractivity contribution in [2.45, 2.75) is 12.8 Å². The summed E-state index contributed by atoms with van der Waals surface area (Å²) in [6.45, 7) is 0.841. The van der Waals surface area contributed by atoms with Gasteiger partial charge in [0.2, 0.25) is 0 Å². The summed E-state index contributed by atoms with van der Waals surface area (Å²) >= 11 is 0. The van der Waals surface area contributed by atoms with Gasteiger partial charge in [-0.2, -0.15) is 0 Å². The molecule has 0 aliphatic carbocycles. The van der Waals surface area contributed by atoms with E-state index in [1.165, 1.54) is 16.7 Å². The zero-order valence-electron chi connectivity index (χ0n) is 9.65. The number of aryl methyl sites for hydroxylation is 1. The van der Waals surface area contributed by atoms with Crippen LogP contribution in [0.25, 0.3) is 11.1 Å². The molecule has 0 bridgehead atoms. The minimum Gasteiger partial charge on any atom is -0.493 e. The summed E-state index contributed by atoms with van der Waals surface area (Å²) in [4.78, 5) is 0. The number of ether oxygens (including phenoxy) is 1. The van der Waals surface area contributed by atoms with Crippen LogP contribution in [0.1, 0.15) is 12.0 Å². The van der Waals surface area contributed by atoms with Gasteiger partial charge in [-0.15, -0.1) is 0 Å². The standard InChI is InChI=1S/C15H15NO/c16-14-6-3-11(4-7-14)12-5-8-15-13(10-12)2-1-9-17-15/h3-8,10H,1-2,9,16H2. The van der Waals surface area contributed by atoms with Crippen LogP contribution in [-0.4, -0.2) is 6.61 Å². The van der Waals surface area contributed by atoms with Crippen LogP contribution in [0.3, 0.4) is 0 Å². The molecule has 1 aliphatic rings. The Labute approximate surface area is 101 Å². The van der Waals surface area contributed by atoms with Gasteiger partial charge in [-0.05, 0) is 53.8 Å². The molecule has 0 spiro atoms.